The number of fused-ring (bicyclic) bond motifs is 2. The second-order valence-corrected chi connectivity index (χ2v) is 7.94. The first-order valence-electron chi connectivity index (χ1n) is 6.48. The Labute approximate surface area is 113 Å². The van der Waals surface area contributed by atoms with Crippen LogP contribution in [0.25, 0.3) is 0 Å². The van der Waals surface area contributed by atoms with Gasteiger partial charge in [-0.3, -0.25) is 4.79 Å². The van der Waals surface area contributed by atoms with Gasteiger partial charge in [0, 0.05) is 18.2 Å². The van der Waals surface area contributed by atoms with Crippen LogP contribution in [-0.4, -0.2) is 42.8 Å². The van der Waals surface area contributed by atoms with Crippen LogP contribution in [0.5, 0.6) is 0 Å². The molecule has 0 aromatic heterocycles. The van der Waals surface area contributed by atoms with E-state index in [0.717, 1.165) is 11.1 Å². The van der Waals surface area contributed by atoms with Crippen LogP contribution < -0.4 is 0 Å². The van der Waals surface area contributed by atoms with Crippen molar-refractivity contribution in [2.24, 2.45) is 0 Å². The third-order valence-corrected chi connectivity index (χ3v) is 6.40. The molecule has 0 spiro atoms. The molecule has 2 saturated heterocycles. The molecule has 1 aromatic carbocycles. The summed E-state index contributed by atoms with van der Waals surface area (Å²) in [5.74, 6) is 0.109. The molecular weight excluding hydrogens is 262 g/mol. The van der Waals surface area contributed by atoms with E-state index >= 15 is 0 Å². The SMILES string of the molecule is Cc1ccc(C)c(C(=O)N2CC3CC2CS3(=O)=O)c1. The zero-order valence-corrected chi connectivity index (χ0v) is 11.9. The van der Waals surface area contributed by atoms with Crippen LogP contribution in [0, 0.1) is 13.8 Å². The normalized spacial score (nSPS) is 27.8. The second-order valence-electron chi connectivity index (χ2n) is 5.62. The van der Waals surface area contributed by atoms with E-state index in [4.69, 9.17) is 0 Å². The molecule has 0 N–H and O–H groups in total. The van der Waals surface area contributed by atoms with Crippen molar-refractivity contribution in [2.45, 2.75) is 31.6 Å². The lowest BCUT2D eigenvalue weighted by Gasteiger charge is -2.27. The van der Waals surface area contributed by atoms with E-state index in [0.29, 0.717) is 18.5 Å². The maximum absolute atomic E-state index is 12.6. The Hall–Kier alpha value is -1.36. The standard InChI is InChI=1S/C14H17NO3S/c1-9-3-4-10(2)13(5-9)14(16)15-7-12-6-11(15)8-19(12,17)18/h3-5,11-12H,6-8H2,1-2H3. The van der Waals surface area contributed by atoms with E-state index in [1.165, 1.54) is 0 Å². The van der Waals surface area contributed by atoms with Crippen molar-refractivity contribution in [3.63, 3.8) is 0 Å². The number of carbonyl (C=O) groups is 1. The summed E-state index contributed by atoms with van der Waals surface area (Å²) in [6.45, 7) is 4.23. The maximum Gasteiger partial charge on any atom is 0.254 e. The lowest BCUT2D eigenvalue weighted by atomic mass is 10.0. The molecule has 4 nitrogen and oxygen atoms in total. The summed E-state index contributed by atoms with van der Waals surface area (Å²) >= 11 is 0. The van der Waals surface area contributed by atoms with Crippen molar-refractivity contribution < 1.29 is 13.2 Å². The second kappa shape index (κ2) is 4.07. The quantitative estimate of drug-likeness (QED) is 0.779. The van der Waals surface area contributed by atoms with Crippen molar-refractivity contribution in [2.75, 3.05) is 12.3 Å². The molecule has 2 heterocycles. The summed E-state index contributed by atoms with van der Waals surface area (Å²) in [5.41, 5.74) is 2.69. The van der Waals surface area contributed by atoms with E-state index in [9.17, 15) is 13.2 Å². The molecule has 2 unspecified atom stereocenters. The topological polar surface area (TPSA) is 54.5 Å². The van der Waals surface area contributed by atoms with Gasteiger partial charge >= 0.3 is 0 Å². The summed E-state index contributed by atoms with van der Waals surface area (Å²) in [7, 11) is -2.95. The van der Waals surface area contributed by atoms with Crippen molar-refractivity contribution in [1.29, 1.82) is 0 Å². The first-order chi connectivity index (χ1) is 8.88. The molecule has 1 amide bonds. The highest BCUT2D eigenvalue weighted by atomic mass is 32.2. The van der Waals surface area contributed by atoms with Crippen LogP contribution in [0.4, 0.5) is 0 Å². The lowest BCUT2D eigenvalue weighted by molar-refractivity contribution is 0.0745. The monoisotopic (exact) mass is 279 g/mol. The van der Waals surface area contributed by atoms with Crippen molar-refractivity contribution in [1.82, 2.24) is 4.90 Å². The van der Waals surface area contributed by atoms with Gasteiger partial charge in [-0.1, -0.05) is 17.7 Å². The van der Waals surface area contributed by atoms with Crippen molar-refractivity contribution >= 4 is 15.7 Å². The Morgan fingerprint density at radius 3 is 2.63 bits per heavy atom. The number of carbonyl (C=O) groups excluding carboxylic acids is 1. The Balaban J connectivity index is 1.89. The molecule has 102 valence electrons. The minimum absolute atomic E-state index is 0.0244. The van der Waals surface area contributed by atoms with Gasteiger partial charge in [0.15, 0.2) is 9.84 Å². The van der Waals surface area contributed by atoms with Gasteiger partial charge in [-0.2, -0.15) is 0 Å². The number of hydrogen-bond acceptors (Lipinski definition) is 3. The number of sulfone groups is 1. The fourth-order valence-electron chi connectivity index (χ4n) is 3.07. The summed E-state index contributed by atoms with van der Waals surface area (Å²) in [6.07, 6.45) is 0.610. The van der Waals surface area contributed by atoms with E-state index in [-0.39, 0.29) is 23.0 Å². The van der Waals surface area contributed by atoms with Gasteiger partial charge in [-0.25, -0.2) is 8.42 Å². The molecule has 0 radical (unpaired) electrons. The van der Waals surface area contributed by atoms with Gasteiger partial charge in [-0.15, -0.1) is 0 Å². The first kappa shape index (κ1) is 12.7. The summed E-state index contributed by atoms with van der Waals surface area (Å²) in [4.78, 5) is 14.3. The highest BCUT2D eigenvalue weighted by Gasteiger charge is 2.50. The van der Waals surface area contributed by atoms with Gasteiger partial charge in [0.25, 0.3) is 5.91 Å². The highest BCUT2D eigenvalue weighted by molar-refractivity contribution is 7.92. The fraction of sp³-hybridized carbons (Fsp3) is 0.500. The predicted octanol–water partition coefficient (Wildman–Crippen LogP) is 1.31. The molecule has 2 bridgehead atoms. The minimum Gasteiger partial charge on any atom is -0.333 e. The van der Waals surface area contributed by atoms with Gasteiger partial charge in [0.2, 0.25) is 0 Å². The van der Waals surface area contributed by atoms with Crippen LogP contribution in [0.15, 0.2) is 18.2 Å². The molecule has 2 aliphatic heterocycles. The van der Waals surface area contributed by atoms with Gasteiger partial charge in [-0.05, 0) is 31.9 Å². The molecular formula is C14H17NO3S. The average Bonchev–Trinajstić information content (AvgIpc) is 2.86. The van der Waals surface area contributed by atoms with E-state index in [1.807, 2.05) is 32.0 Å². The number of nitrogens with zero attached hydrogens (tertiary/aromatic N) is 1. The molecule has 5 heteroatoms. The van der Waals surface area contributed by atoms with Crippen LogP contribution in [0.3, 0.4) is 0 Å². The number of aryl methyl sites for hydroxylation is 2. The van der Waals surface area contributed by atoms with Crippen LogP contribution in [0.2, 0.25) is 0 Å². The van der Waals surface area contributed by atoms with Crippen LogP contribution >= 0.6 is 0 Å². The number of rotatable bonds is 1. The predicted molar refractivity (Wildman–Crippen MR) is 72.9 cm³/mol. The Bertz CT molecular complexity index is 651. The third-order valence-electron chi connectivity index (χ3n) is 4.19. The molecule has 1 aromatic rings. The molecule has 3 rings (SSSR count). The first-order valence-corrected chi connectivity index (χ1v) is 8.20. The molecule has 0 saturated carbocycles. The van der Waals surface area contributed by atoms with Gasteiger partial charge in [0.05, 0.1) is 11.0 Å². The number of amides is 1. The molecule has 19 heavy (non-hydrogen) atoms. The van der Waals surface area contributed by atoms with Crippen LogP contribution in [-0.2, 0) is 9.84 Å². The van der Waals surface area contributed by atoms with Crippen molar-refractivity contribution in [3.05, 3.63) is 34.9 Å². The zero-order valence-electron chi connectivity index (χ0n) is 11.1. The lowest BCUT2D eigenvalue weighted by Crippen LogP contribution is -2.44. The Morgan fingerprint density at radius 2 is 2.05 bits per heavy atom. The molecule has 2 fully saturated rings. The zero-order chi connectivity index (χ0) is 13.8. The third kappa shape index (κ3) is 1.96. The summed E-state index contributed by atoms with van der Waals surface area (Å²) in [5, 5.41) is -0.341. The van der Waals surface area contributed by atoms with Gasteiger partial charge in [0.1, 0.15) is 0 Å². The van der Waals surface area contributed by atoms with Crippen molar-refractivity contribution in [3.8, 4) is 0 Å². The summed E-state index contributed by atoms with van der Waals surface area (Å²) < 4.78 is 23.4. The molecule has 0 aliphatic carbocycles. The highest BCUT2D eigenvalue weighted by Crippen LogP contribution is 2.34. The Kier molecular flexibility index (Phi) is 2.71. The smallest absolute Gasteiger partial charge is 0.254 e. The minimum atomic E-state index is -2.95. The van der Waals surface area contributed by atoms with E-state index < -0.39 is 9.84 Å². The number of hydrogen-bond donors (Lipinski definition) is 0. The largest absolute Gasteiger partial charge is 0.333 e. The summed E-state index contributed by atoms with van der Waals surface area (Å²) in [6, 6.07) is 5.68. The average molecular weight is 279 g/mol. The Morgan fingerprint density at radius 1 is 1.32 bits per heavy atom. The maximum atomic E-state index is 12.6. The number of likely N-dealkylation sites (tertiary alicyclic amines) is 1. The number of benzene rings is 1. The molecule has 2 atom stereocenters. The molecule has 2 aliphatic rings. The van der Waals surface area contributed by atoms with Gasteiger partial charge < -0.3 is 4.90 Å². The van der Waals surface area contributed by atoms with E-state index in [1.54, 1.807) is 4.90 Å². The van der Waals surface area contributed by atoms with E-state index in [2.05, 4.69) is 0 Å². The fourth-order valence-corrected chi connectivity index (χ4v) is 5.09. The van der Waals surface area contributed by atoms with Crippen LogP contribution in [0.1, 0.15) is 27.9 Å².